The molecule has 1 amide bonds. The van der Waals surface area contributed by atoms with E-state index < -0.39 is 5.91 Å². The minimum Gasteiger partial charge on any atom is -0.366 e. The molecule has 0 atom stereocenters. The first-order valence-corrected chi connectivity index (χ1v) is 10.3. The summed E-state index contributed by atoms with van der Waals surface area (Å²) in [5.74, 6) is 0.707. The lowest BCUT2D eigenvalue weighted by atomic mass is 10.1. The van der Waals surface area contributed by atoms with Crippen LogP contribution in [-0.4, -0.2) is 34.1 Å². The molecular formula is C23H22N6O2. The Balaban J connectivity index is 1.59. The van der Waals surface area contributed by atoms with E-state index >= 15 is 0 Å². The summed E-state index contributed by atoms with van der Waals surface area (Å²) in [6, 6.07) is 15.4. The molecule has 0 fully saturated rings. The largest absolute Gasteiger partial charge is 0.366 e. The van der Waals surface area contributed by atoms with Gasteiger partial charge in [0, 0.05) is 25.1 Å². The molecule has 0 saturated carbocycles. The number of carbonyl (C=O) groups is 1. The normalized spacial score (nSPS) is 13.5. The highest BCUT2D eigenvalue weighted by atomic mass is 16.5. The molecule has 0 radical (unpaired) electrons. The molecule has 156 valence electrons. The van der Waals surface area contributed by atoms with Gasteiger partial charge in [-0.15, -0.1) is 0 Å². The highest BCUT2D eigenvalue weighted by Gasteiger charge is 2.22. The number of primary amides is 1. The number of carbonyl (C=O) groups excluding carboxylic acids is 1. The minimum absolute atomic E-state index is 0.289. The number of anilines is 1. The van der Waals surface area contributed by atoms with Crippen LogP contribution in [0, 0.1) is 0 Å². The summed E-state index contributed by atoms with van der Waals surface area (Å²) < 4.78 is 5.47. The molecule has 0 unspecified atom stereocenters. The van der Waals surface area contributed by atoms with E-state index in [1.54, 1.807) is 12.1 Å². The van der Waals surface area contributed by atoms with Crippen molar-refractivity contribution < 1.29 is 9.32 Å². The Bertz CT molecular complexity index is 1250. The topological polar surface area (TPSA) is 119 Å². The van der Waals surface area contributed by atoms with Crippen molar-refractivity contribution in [3.63, 3.8) is 0 Å². The van der Waals surface area contributed by atoms with E-state index in [4.69, 9.17) is 20.2 Å². The van der Waals surface area contributed by atoms with Gasteiger partial charge in [-0.25, -0.2) is 9.97 Å². The molecule has 31 heavy (non-hydrogen) atoms. The summed E-state index contributed by atoms with van der Waals surface area (Å²) in [6.45, 7) is 2.39. The predicted molar refractivity (Wildman–Crippen MR) is 118 cm³/mol. The van der Waals surface area contributed by atoms with Crippen molar-refractivity contribution in [2.24, 2.45) is 5.73 Å². The van der Waals surface area contributed by atoms with Crippen LogP contribution in [0.2, 0.25) is 0 Å². The Labute approximate surface area is 178 Å². The molecular weight excluding hydrogens is 392 g/mol. The van der Waals surface area contributed by atoms with Gasteiger partial charge in [0.05, 0.1) is 16.6 Å². The average Bonchev–Trinajstić information content (AvgIpc) is 3.08. The van der Waals surface area contributed by atoms with Crippen molar-refractivity contribution in [2.75, 3.05) is 18.4 Å². The standard InChI is InChI=1S/C23H22N6O2/c24-21(30)17-8-4-7-16-19(29-31-20(16)17)23-27-18-10-12-25-11-9-15(18)22(28-23)26-13-14-5-2-1-3-6-14/h1-8,25H,9-13H2,(H2,24,30)(H,26,27,28). The molecule has 5 rings (SSSR count). The van der Waals surface area contributed by atoms with Crippen LogP contribution in [0.1, 0.15) is 27.2 Å². The number of nitrogens with zero attached hydrogens (tertiary/aromatic N) is 3. The van der Waals surface area contributed by atoms with Gasteiger partial charge < -0.3 is 20.9 Å². The summed E-state index contributed by atoms with van der Waals surface area (Å²) in [6.07, 6.45) is 1.64. The summed E-state index contributed by atoms with van der Waals surface area (Å²) >= 11 is 0. The van der Waals surface area contributed by atoms with E-state index in [0.717, 1.165) is 43.0 Å². The summed E-state index contributed by atoms with van der Waals surface area (Å²) in [7, 11) is 0. The number of rotatable bonds is 5. The molecule has 1 aliphatic heterocycles. The second-order valence-electron chi connectivity index (χ2n) is 7.49. The maximum atomic E-state index is 11.8. The highest BCUT2D eigenvalue weighted by Crippen LogP contribution is 2.30. The first-order chi connectivity index (χ1) is 15.2. The Morgan fingerprint density at radius 2 is 1.90 bits per heavy atom. The molecule has 0 spiro atoms. The van der Waals surface area contributed by atoms with Gasteiger partial charge in [0.1, 0.15) is 5.82 Å². The fraction of sp³-hybridized carbons (Fsp3) is 0.217. The van der Waals surface area contributed by atoms with Crippen molar-refractivity contribution in [1.29, 1.82) is 0 Å². The number of hydrogen-bond acceptors (Lipinski definition) is 7. The van der Waals surface area contributed by atoms with Crippen LogP contribution in [0.4, 0.5) is 5.82 Å². The number of amides is 1. The van der Waals surface area contributed by atoms with Crippen molar-refractivity contribution in [2.45, 2.75) is 19.4 Å². The number of nitrogens with one attached hydrogen (secondary N) is 2. The smallest absolute Gasteiger partial charge is 0.252 e. The third-order valence-corrected chi connectivity index (χ3v) is 5.46. The minimum atomic E-state index is -0.563. The van der Waals surface area contributed by atoms with Crippen LogP contribution >= 0.6 is 0 Å². The molecule has 2 aromatic carbocycles. The lowest BCUT2D eigenvalue weighted by Gasteiger charge is -2.14. The fourth-order valence-corrected chi connectivity index (χ4v) is 3.90. The number of para-hydroxylation sites is 1. The second-order valence-corrected chi connectivity index (χ2v) is 7.49. The Hall–Kier alpha value is -3.78. The molecule has 0 saturated heterocycles. The number of aromatic nitrogens is 3. The van der Waals surface area contributed by atoms with Crippen molar-refractivity contribution >= 4 is 22.7 Å². The number of fused-ring (bicyclic) bond motifs is 2. The van der Waals surface area contributed by atoms with E-state index in [1.165, 1.54) is 5.56 Å². The lowest BCUT2D eigenvalue weighted by molar-refractivity contribution is 0.100. The summed E-state index contributed by atoms with van der Waals surface area (Å²) in [5.41, 5.74) is 9.90. The maximum absolute atomic E-state index is 11.8. The zero-order valence-electron chi connectivity index (χ0n) is 16.9. The highest BCUT2D eigenvalue weighted by molar-refractivity contribution is 6.06. The Kier molecular flexibility index (Phi) is 5.05. The van der Waals surface area contributed by atoms with Gasteiger partial charge in [-0.3, -0.25) is 4.79 Å². The molecule has 8 nitrogen and oxygen atoms in total. The zero-order chi connectivity index (χ0) is 21.2. The molecule has 3 heterocycles. The van der Waals surface area contributed by atoms with Crippen LogP contribution in [-0.2, 0) is 19.4 Å². The van der Waals surface area contributed by atoms with Crippen LogP contribution in [0.5, 0.6) is 0 Å². The van der Waals surface area contributed by atoms with Gasteiger partial charge in [-0.2, -0.15) is 0 Å². The monoisotopic (exact) mass is 414 g/mol. The maximum Gasteiger partial charge on any atom is 0.252 e. The van der Waals surface area contributed by atoms with Gasteiger partial charge in [-0.05, 0) is 30.7 Å². The third-order valence-electron chi connectivity index (χ3n) is 5.46. The molecule has 4 N–H and O–H groups in total. The van der Waals surface area contributed by atoms with E-state index in [0.29, 0.717) is 29.0 Å². The molecule has 1 aliphatic rings. The van der Waals surface area contributed by atoms with E-state index in [2.05, 4.69) is 27.9 Å². The average molecular weight is 414 g/mol. The molecule has 0 bridgehead atoms. The van der Waals surface area contributed by atoms with E-state index in [9.17, 15) is 4.79 Å². The van der Waals surface area contributed by atoms with Crippen LogP contribution in [0.25, 0.3) is 22.5 Å². The number of benzene rings is 2. The number of nitrogens with two attached hydrogens (primary N) is 1. The quantitative estimate of drug-likeness (QED) is 0.459. The molecule has 4 aromatic rings. The second kappa shape index (κ2) is 8.16. The van der Waals surface area contributed by atoms with Gasteiger partial charge in [0.2, 0.25) is 0 Å². The van der Waals surface area contributed by atoms with Gasteiger partial charge >= 0.3 is 0 Å². The Morgan fingerprint density at radius 1 is 1.06 bits per heavy atom. The molecule has 8 heteroatoms. The fourth-order valence-electron chi connectivity index (χ4n) is 3.90. The van der Waals surface area contributed by atoms with Crippen LogP contribution in [0.15, 0.2) is 53.1 Å². The third kappa shape index (κ3) is 3.73. The lowest BCUT2D eigenvalue weighted by Crippen LogP contribution is -2.16. The molecule has 0 aliphatic carbocycles. The van der Waals surface area contributed by atoms with Crippen molar-refractivity contribution in [1.82, 2.24) is 20.4 Å². The SMILES string of the molecule is NC(=O)c1cccc2c(-c3nc4c(c(NCc5ccccc5)n3)CCNCC4)noc12. The van der Waals surface area contributed by atoms with Gasteiger partial charge in [0.25, 0.3) is 5.91 Å². The van der Waals surface area contributed by atoms with Gasteiger partial charge in [-0.1, -0.05) is 41.6 Å². The van der Waals surface area contributed by atoms with Gasteiger partial charge in [0.15, 0.2) is 17.1 Å². The first kappa shape index (κ1) is 19.2. The van der Waals surface area contributed by atoms with E-state index in [1.807, 2.05) is 24.3 Å². The summed E-state index contributed by atoms with van der Waals surface area (Å²) in [4.78, 5) is 21.4. The van der Waals surface area contributed by atoms with Crippen molar-refractivity contribution in [3.05, 3.63) is 70.9 Å². The van der Waals surface area contributed by atoms with E-state index in [-0.39, 0.29) is 5.56 Å². The van der Waals surface area contributed by atoms with Crippen LogP contribution in [0.3, 0.4) is 0 Å². The number of hydrogen-bond donors (Lipinski definition) is 3. The summed E-state index contributed by atoms with van der Waals surface area (Å²) in [5, 5.41) is 11.8. The Morgan fingerprint density at radius 3 is 2.74 bits per heavy atom. The first-order valence-electron chi connectivity index (χ1n) is 10.3. The zero-order valence-corrected chi connectivity index (χ0v) is 16.9. The van der Waals surface area contributed by atoms with Crippen LogP contribution < -0.4 is 16.4 Å². The predicted octanol–water partition coefficient (Wildman–Crippen LogP) is 2.68. The van der Waals surface area contributed by atoms with Crippen molar-refractivity contribution in [3.8, 4) is 11.5 Å². The molecule has 2 aromatic heterocycles.